The Morgan fingerprint density at radius 1 is 0.559 bits per heavy atom. The van der Waals surface area contributed by atoms with E-state index in [2.05, 4.69) is 24.9 Å². The Labute approximate surface area is 191 Å². The van der Waals surface area contributed by atoms with Crippen LogP contribution in [0, 0.1) is 20.2 Å². The van der Waals surface area contributed by atoms with Crippen molar-refractivity contribution in [2.45, 2.75) is 0 Å². The lowest BCUT2D eigenvalue weighted by molar-refractivity contribution is -0.422. The maximum absolute atomic E-state index is 11.4. The van der Waals surface area contributed by atoms with Gasteiger partial charge in [-0.05, 0) is 36.4 Å². The zero-order chi connectivity index (χ0) is 23.7. The van der Waals surface area contributed by atoms with Crippen LogP contribution in [0.3, 0.4) is 0 Å². The van der Waals surface area contributed by atoms with Gasteiger partial charge in [0.1, 0.15) is 11.4 Å². The summed E-state index contributed by atoms with van der Waals surface area (Å²) < 4.78 is 0. The summed E-state index contributed by atoms with van der Waals surface area (Å²) in [5.41, 5.74) is 1.75. The van der Waals surface area contributed by atoms with E-state index in [-0.39, 0.29) is 11.0 Å². The molecule has 0 spiro atoms. The number of nitro groups is 2. The Balaban J connectivity index is 1.79. The van der Waals surface area contributed by atoms with Gasteiger partial charge in [0.25, 0.3) is 0 Å². The van der Waals surface area contributed by atoms with Gasteiger partial charge in [0.05, 0.1) is 55.8 Å². The van der Waals surface area contributed by atoms with E-state index >= 15 is 0 Å². The summed E-state index contributed by atoms with van der Waals surface area (Å²) in [5.74, 6) is 0. The fraction of sp³-hybridized carbons (Fsp3) is 0. The predicted molar refractivity (Wildman–Crippen MR) is 123 cm³/mol. The maximum atomic E-state index is 11.4. The summed E-state index contributed by atoms with van der Waals surface area (Å²) in [6, 6.07) is 18.1. The fourth-order valence-corrected chi connectivity index (χ4v) is 3.46. The number of fused-ring (bicyclic) bond motifs is 1. The van der Waals surface area contributed by atoms with E-state index in [1.54, 1.807) is 54.9 Å². The normalized spacial score (nSPS) is 10.8. The van der Waals surface area contributed by atoms with Gasteiger partial charge in [0.2, 0.25) is 0 Å². The predicted octanol–water partition coefficient (Wildman–Crippen LogP) is 4.63. The molecule has 0 aliphatic rings. The first-order valence-corrected chi connectivity index (χ1v) is 9.96. The quantitative estimate of drug-likeness (QED) is 0.275. The van der Waals surface area contributed by atoms with Gasteiger partial charge in [-0.25, -0.2) is 15.0 Å². The molecule has 0 amide bonds. The molecule has 4 aromatic heterocycles. The molecule has 34 heavy (non-hydrogen) atoms. The smallest absolute Gasteiger partial charge is 0.258 e. The molecule has 11 heteroatoms. The van der Waals surface area contributed by atoms with E-state index in [0.717, 1.165) is 12.1 Å². The molecule has 5 rings (SSSR count). The van der Waals surface area contributed by atoms with Crippen LogP contribution in [-0.4, -0.2) is 34.8 Å². The van der Waals surface area contributed by atoms with Crippen LogP contribution in [0.2, 0.25) is 0 Å². The summed E-state index contributed by atoms with van der Waals surface area (Å²) in [4.78, 5) is 43.7. The average Bonchev–Trinajstić information content (AvgIpc) is 2.88. The van der Waals surface area contributed by atoms with Crippen LogP contribution >= 0.6 is 0 Å². The number of pyridine rings is 3. The van der Waals surface area contributed by atoms with Gasteiger partial charge >= 0.3 is 11.4 Å². The number of benzene rings is 1. The highest BCUT2D eigenvalue weighted by Crippen LogP contribution is 2.35. The van der Waals surface area contributed by atoms with Crippen LogP contribution < -0.4 is 0 Å². The molecule has 0 saturated heterocycles. The molecule has 0 aliphatic heterocycles. The first-order valence-electron chi connectivity index (χ1n) is 9.96. The second kappa shape index (κ2) is 8.39. The van der Waals surface area contributed by atoms with Crippen molar-refractivity contribution in [3.8, 4) is 34.2 Å². The van der Waals surface area contributed by atoms with Gasteiger partial charge in [0, 0.05) is 12.4 Å². The van der Waals surface area contributed by atoms with Gasteiger partial charge in [-0.2, -0.15) is 0 Å². The standard InChI is InChI=1S/C23H13N7O4/c31-29(32)20-12-18-19(13-21(20)30(33)34)28-23(22(27-18)16-7-2-4-11-25-16)17-9-5-8-15(26-17)14-6-1-3-10-24-14/h1-13H. The number of nitro benzene ring substituents is 2. The summed E-state index contributed by atoms with van der Waals surface area (Å²) >= 11 is 0. The van der Waals surface area contributed by atoms with E-state index < -0.39 is 21.2 Å². The molecule has 0 aliphatic carbocycles. The van der Waals surface area contributed by atoms with Gasteiger partial charge in [-0.15, -0.1) is 0 Å². The third kappa shape index (κ3) is 3.77. The third-order valence-corrected chi connectivity index (χ3v) is 4.98. The minimum Gasteiger partial charge on any atom is -0.258 e. The van der Waals surface area contributed by atoms with E-state index in [1.165, 1.54) is 0 Å². The van der Waals surface area contributed by atoms with Crippen LogP contribution in [-0.2, 0) is 0 Å². The van der Waals surface area contributed by atoms with Gasteiger partial charge in [-0.1, -0.05) is 18.2 Å². The SMILES string of the molecule is O=[N+]([O-])c1cc2nc(-c3ccccn3)c(-c3cccc(-c4ccccn4)n3)nc2cc1[N+](=O)[O-]. The Morgan fingerprint density at radius 2 is 1.06 bits per heavy atom. The molecule has 1 aromatic carbocycles. The molecule has 0 bridgehead atoms. The number of aromatic nitrogens is 5. The zero-order valence-electron chi connectivity index (χ0n) is 17.3. The molecule has 4 heterocycles. The Hall–Kier alpha value is -5.19. The first kappa shape index (κ1) is 20.7. The molecule has 0 fully saturated rings. The fourth-order valence-electron chi connectivity index (χ4n) is 3.46. The Bertz CT molecular complexity index is 1560. The average molecular weight is 451 g/mol. The topological polar surface area (TPSA) is 151 Å². The second-order valence-electron chi connectivity index (χ2n) is 7.10. The van der Waals surface area contributed by atoms with Crippen molar-refractivity contribution in [2.24, 2.45) is 0 Å². The molecule has 164 valence electrons. The van der Waals surface area contributed by atoms with Gasteiger partial charge < -0.3 is 0 Å². The Morgan fingerprint density at radius 3 is 1.59 bits per heavy atom. The molecule has 11 nitrogen and oxygen atoms in total. The van der Waals surface area contributed by atoms with Crippen LogP contribution in [0.25, 0.3) is 45.2 Å². The van der Waals surface area contributed by atoms with E-state index in [1.807, 2.05) is 12.1 Å². The van der Waals surface area contributed by atoms with Gasteiger partial charge in [0.15, 0.2) is 0 Å². The summed E-state index contributed by atoms with van der Waals surface area (Å²) in [5, 5.41) is 22.8. The highest BCUT2D eigenvalue weighted by atomic mass is 16.6. The highest BCUT2D eigenvalue weighted by molar-refractivity contribution is 5.88. The van der Waals surface area contributed by atoms with Crippen molar-refractivity contribution in [1.82, 2.24) is 24.9 Å². The lowest BCUT2D eigenvalue weighted by atomic mass is 10.1. The highest BCUT2D eigenvalue weighted by Gasteiger charge is 2.27. The van der Waals surface area contributed by atoms with Crippen molar-refractivity contribution >= 4 is 22.4 Å². The summed E-state index contributed by atoms with van der Waals surface area (Å²) in [6.45, 7) is 0. The zero-order valence-corrected chi connectivity index (χ0v) is 17.3. The first-order chi connectivity index (χ1) is 16.5. The van der Waals surface area contributed by atoms with Crippen LogP contribution in [0.4, 0.5) is 11.4 Å². The Kier molecular flexibility index (Phi) is 5.11. The summed E-state index contributed by atoms with van der Waals surface area (Å²) in [6.07, 6.45) is 3.24. The van der Waals surface area contributed by atoms with Crippen LogP contribution in [0.1, 0.15) is 0 Å². The number of hydrogen-bond acceptors (Lipinski definition) is 9. The van der Waals surface area contributed by atoms with Gasteiger partial charge in [-0.3, -0.25) is 30.2 Å². The van der Waals surface area contributed by atoms with Crippen molar-refractivity contribution in [3.63, 3.8) is 0 Å². The number of hydrogen-bond donors (Lipinski definition) is 0. The molecule has 0 radical (unpaired) electrons. The van der Waals surface area contributed by atoms with Crippen LogP contribution in [0.15, 0.2) is 79.1 Å². The van der Waals surface area contributed by atoms with E-state index in [9.17, 15) is 20.2 Å². The number of nitrogens with zero attached hydrogens (tertiary/aromatic N) is 7. The molecule has 5 aromatic rings. The third-order valence-electron chi connectivity index (χ3n) is 4.98. The van der Waals surface area contributed by atoms with Crippen molar-refractivity contribution < 1.29 is 9.85 Å². The largest absolute Gasteiger partial charge is 0.348 e. The molecule has 0 N–H and O–H groups in total. The second-order valence-corrected chi connectivity index (χ2v) is 7.10. The lowest BCUT2D eigenvalue weighted by Gasteiger charge is -2.10. The van der Waals surface area contributed by atoms with Crippen molar-refractivity contribution in [3.05, 3.63) is 99.4 Å². The number of rotatable bonds is 5. The molecule has 0 unspecified atom stereocenters. The van der Waals surface area contributed by atoms with E-state index in [0.29, 0.717) is 34.2 Å². The van der Waals surface area contributed by atoms with Crippen molar-refractivity contribution in [2.75, 3.05) is 0 Å². The lowest BCUT2D eigenvalue weighted by Crippen LogP contribution is -2.02. The molecular formula is C23H13N7O4. The molecule has 0 atom stereocenters. The molecular weight excluding hydrogens is 438 g/mol. The minimum atomic E-state index is -0.814. The monoisotopic (exact) mass is 451 g/mol. The summed E-state index contributed by atoms with van der Waals surface area (Å²) in [7, 11) is 0. The van der Waals surface area contributed by atoms with E-state index in [4.69, 9.17) is 0 Å². The maximum Gasteiger partial charge on any atom is 0.348 e. The molecule has 0 saturated carbocycles. The minimum absolute atomic E-state index is 0.122. The van der Waals surface area contributed by atoms with Crippen molar-refractivity contribution in [1.29, 1.82) is 0 Å². The van der Waals surface area contributed by atoms with Crippen LogP contribution in [0.5, 0.6) is 0 Å².